The van der Waals surface area contributed by atoms with E-state index in [4.69, 9.17) is 0 Å². The van der Waals surface area contributed by atoms with Crippen molar-refractivity contribution < 1.29 is 0 Å². The molecule has 0 amide bonds. The molecule has 6 heteroatoms. The predicted molar refractivity (Wildman–Crippen MR) is 94.4 cm³/mol. The van der Waals surface area contributed by atoms with Crippen molar-refractivity contribution in [2.24, 2.45) is 0 Å². The van der Waals surface area contributed by atoms with Gasteiger partial charge in [-0.2, -0.15) is 10.5 Å². The number of rotatable bonds is 4. The zero-order valence-corrected chi connectivity index (χ0v) is 14.8. The first-order valence-corrected chi connectivity index (χ1v) is 8.12. The summed E-state index contributed by atoms with van der Waals surface area (Å²) in [5.74, 6) is -0.965. The number of nitrogens with zero attached hydrogens (tertiary/aromatic N) is 3. The van der Waals surface area contributed by atoms with Crippen molar-refractivity contribution in [3.63, 3.8) is 0 Å². The minimum Gasteiger partial charge on any atom is -0.296 e. The Balaban J connectivity index is 2.89. The van der Waals surface area contributed by atoms with Crippen LogP contribution in [0.5, 0.6) is 0 Å². The first kappa shape index (κ1) is 18.2. The number of benzene rings is 1. The van der Waals surface area contributed by atoms with Gasteiger partial charge in [0.1, 0.15) is 5.92 Å². The van der Waals surface area contributed by atoms with Crippen molar-refractivity contribution in [1.29, 1.82) is 10.5 Å². The number of hydrogen-bond acceptors (Lipinski definition) is 4. The molecular formula is C19H20N4O2. The number of nitriles is 2. The number of nitrogens with one attached hydrogen (secondary N) is 1. The Bertz CT molecular complexity index is 1000. The molecule has 2 aromatic rings. The van der Waals surface area contributed by atoms with Crippen LogP contribution in [0.4, 0.5) is 0 Å². The molecule has 0 unspecified atom stereocenters. The average Bonchev–Trinajstić information content (AvgIpc) is 2.54. The number of hydrogen-bond donors (Lipinski definition) is 1. The quantitative estimate of drug-likeness (QED) is 0.926. The maximum atomic E-state index is 12.4. The third kappa shape index (κ3) is 3.39. The monoisotopic (exact) mass is 336 g/mol. The van der Waals surface area contributed by atoms with Crippen LogP contribution in [0.1, 0.15) is 60.6 Å². The molecule has 0 saturated heterocycles. The Morgan fingerprint density at radius 1 is 1.20 bits per heavy atom. The molecule has 0 aliphatic heterocycles. The fourth-order valence-electron chi connectivity index (χ4n) is 3.12. The molecule has 1 aromatic heterocycles. The molecule has 0 aliphatic carbocycles. The maximum absolute atomic E-state index is 12.4. The molecule has 1 heterocycles. The molecule has 0 fully saturated rings. The number of aromatic amines is 1. The van der Waals surface area contributed by atoms with E-state index >= 15 is 0 Å². The molecule has 128 valence electrons. The molecule has 0 aliphatic rings. The second-order valence-electron chi connectivity index (χ2n) is 6.26. The van der Waals surface area contributed by atoms with Crippen LogP contribution >= 0.6 is 0 Å². The van der Waals surface area contributed by atoms with E-state index in [1.165, 1.54) is 4.57 Å². The van der Waals surface area contributed by atoms with E-state index in [-0.39, 0.29) is 5.92 Å². The number of aromatic nitrogens is 2. The summed E-state index contributed by atoms with van der Waals surface area (Å²) in [6, 6.07) is 9.47. The average molecular weight is 336 g/mol. The summed E-state index contributed by atoms with van der Waals surface area (Å²) in [4.78, 5) is 27.0. The van der Waals surface area contributed by atoms with E-state index in [9.17, 15) is 20.1 Å². The van der Waals surface area contributed by atoms with Gasteiger partial charge in [0.2, 0.25) is 0 Å². The summed E-state index contributed by atoms with van der Waals surface area (Å²) in [6.07, 6.45) is 0. The lowest BCUT2D eigenvalue weighted by Gasteiger charge is -2.21. The smallest absolute Gasteiger partial charge is 0.296 e. The van der Waals surface area contributed by atoms with E-state index in [0.717, 1.165) is 5.56 Å². The van der Waals surface area contributed by atoms with Crippen molar-refractivity contribution >= 4 is 0 Å². The largest absolute Gasteiger partial charge is 0.328 e. The van der Waals surface area contributed by atoms with Crippen LogP contribution in [0, 0.1) is 29.6 Å². The van der Waals surface area contributed by atoms with Crippen molar-refractivity contribution in [2.75, 3.05) is 0 Å². The van der Waals surface area contributed by atoms with Crippen LogP contribution in [-0.2, 0) is 6.54 Å². The van der Waals surface area contributed by atoms with Gasteiger partial charge in [0.15, 0.2) is 0 Å². The van der Waals surface area contributed by atoms with Gasteiger partial charge in [0.05, 0.1) is 23.4 Å². The first-order chi connectivity index (χ1) is 11.8. The standard InChI is InChI=1S/C19H20N4O2/c1-5-23-17(16(11(2)3)18(24)22-19(23)25)15(10-21)14-7-12(4)6-13(8-14)9-20/h6-8,11,15H,5H2,1-4H3,(H,22,24,25)/t15-/m0/s1. The van der Waals surface area contributed by atoms with Crippen molar-refractivity contribution in [1.82, 2.24) is 9.55 Å². The normalized spacial score (nSPS) is 11.8. The molecule has 2 rings (SSSR count). The molecule has 6 nitrogen and oxygen atoms in total. The second kappa shape index (κ2) is 7.19. The molecule has 0 saturated carbocycles. The minimum absolute atomic E-state index is 0.159. The molecule has 0 bridgehead atoms. The van der Waals surface area contributed by atoms with E-state index in [0.29, 0.717) is 28.9 Å². The molecular weight excluding hydrogens is 316 g/mol. The van der Waals surface area contributed by atoms with Crippen LogP contribution < -0.4 is 11.2 Å². The van der Waals surface area contributed by atoms with Crippen LogP contribution in [-0.4, -0.2) is 9.55 Å². The Kier molecular flexibility index (Phi) is 5.24. The lowest BCUT2D eigenvalue weighted by molar-refractivity contribution is 0.617. The van der Waals surface area contributed by atoms with Gasteiger partial charge in [-0.25, -0.2) is 4.79 Å². The second-order valence-corrected chi connectivity index (χ2v) is 6.26. The van der Waals surface area contributed by atoms with Gasteiger partial charge in [0.25, 0.3) is 5.56 Å². The van der Waals surface area contributed by atoms with Crippen LogP contribution in [0.3, 0.4) is 0 Å². The van der Waals surface area contributed by atoms with Gasteiger partial charge < -0.3 is 0 Å². The van der Waals surface area contributed by atoms with E-state index in [2.05, 4.69) is 17.1 Å². The highest BCUT2D eigenvalue weighted by atomic mass is 16.2. The molecule has 25 heavy (non-hydrogen) atoms. The lowest BCUT2D eigenvalue weighted by Crippen LogP contribution is -2.36. The van der Waals surface area contributed by atoms with Gasteiger partial charge in [-0.15, -0.1) is 0 Å². The third-order valence-electron chi connectivity index (χ3n) is 4.14. The highest BCUT2D eigenvalue weighted by molar-refractivity contribution is 5.45. The maximum Gasteiger partial charge on any atom is 0.328 e. The number of H-pyrrole nitrogens is 1. The Hall–Kier alpha value is -3.12. The molecule has 1 atom stereocenters. The van der Waals surface area contributed by atoms with Crippen LogP contribution in [0.2, 0.25) is 0 Å². The fourth-order valence-corrected chi connectivity index (χ4v) is 3.12. The minimum atomic E-state index is -0.806. The van der Waals surface area contributed by atoms with E-state index in [1.54, 1.807) is 19.1 Å². The van der Waals surface area contributed by atoms with Crippen molar-refractivity contribution in [3.05, 3.63) is 67.0 Å². The summed E-state index contributed by atoms with van der Waals surface area (Å²) in [5, 5.41) is 19.0. The predicted octanol–water partition coefficient (Wildman–Crippen LogP) is 2.52. The molecule has 1 aromatic carbocycles. The number of aryl methyl sites for hydroxylation is 1. The zero-order chi connectivity index (χ0) is 18.7. The first-order valence-electron chi connectivity index (χ1n) is 8.12. The van der Waals surface area contributed by atoms with Gasteiger partial charge in [-0.05, 0) is 43.0 Å². The summed E-state index contributed by atoms with van der Waals surface area (Å²) in [7, 11) is 0. The van der Waals surface area contributed by atoms with Gasteiger partial charge in [-0.3, -0.25) is 14.3 Å². The summed E-state index contributed by atoms with van der Waals surface area (Å²) >= 11 is 0. The van der Waals surface area contributed by atoms with E-state index < -0.39 is 17.2 Å². The van der Waals surface area contributed by atoms with Crippen molar-refractivity contribution in [3.8, 4) is 12.1 Å². The molecule has 1 N–H and O–H groups in total. The van der Waals surface area contributed by atoms with Gasteiger partial charge in [-0.1, -0.05) is 19.9 Å². The van der Waals surface area contributed by atoms with Gasteiger partial charge in [0, 0.05) is 12.1 Å². The Morgan fingerprint density at radius 3 is 2.40 bits per heavy atom. The van der Waals surface area contributed by atoms with Crippen LogP contribution in [0.25, 0.3) is 0 Å². The third-order valence-corrected chi connectivity index (χ3v) is 4.14. The highest BCUT2D eigenvalue weighted by Crippen LogP contribution is 2.29. The zero-order valence-electron chi connectivity index (χ0n) is 14.8. The summed E-state index contributed by atoms with van der Waals surface area (Å²) in [5.41, 5.74) is 1.73. The SMILES string of the molecule is CCn1c([C@@H](C#N)c2cc(C)cc(C#N)c2)c(C(C)C)c(=O)[nH]c1=O. The van der Waals surface area contributed by atoms with Crippen molar-refractivity contribution in [2.45, 2.75) is 46.1 Å². The fraction of sp³-hybridized carbons (Fsp3) is 0.368. The Morgan fingerprint density at radius 2 is 1.88 bits per heavy atom. The van der Waals surface area contributed by atoms with E-state index in [1.807, 2.05) is 26.8 Å². The summed E-state index contributed by atoms with van der Waals surface area (Å²) in [6.45, 7) is 7.67. The van der Waals surface area contributed by atoms with Gasteiger partial charge >= 0.3 is 5.69 Å². The molecule has 0 radical (unpaired) electrons. The molecule has 0 spiro atoms. The summed E-state index contributed by atoms with van der Waals surface area (Å²) < 4.78 is 1.43. The highest BCUT2D eigenvalue weighted by Gasteiger charge is 2.26. The Labute approximate surface area is 146 Å². The lowest BCUT2D eigenvalue weighted by atomic mass is 9.88. The topological polar surface area (TPSA) is 102 Å². The van der Waals surface area contributed by atoms with Crippen LogP contribution in [0.15, 0.2) is 27.8 Å².